The number of nitrogen functional groups attached to an aromatic ring is 1. The Morgan fingerprint density at radius 3 is 2.57 bits per heavy atom. The molecule has 1 aromatic heterocycles. The average molecular weight is 623 g/mol. The van der Waals surface area contributed by atoms with E-state index in [4.69, 9.17) is 10.5 Å². The number of aryl methyl sites for hydroxylation is 1. The van der Waals surface area contributed by atoms with Gasteiger partial charge in [-0.3, -0.25) is 9.59 Å². The largest absolute Gasteiger partial charge is 0.504 e. The molecule has 3 aromatic rings. The summed E-state index contributed by atoms with van der Waals surface area (Å²) in [5.41, 5.74) is 9.82. The van der Waals surface area contributed by atoms with Gasteiger partial charge in [-0.25, -0.2) is 4.98 Å². The maximum absolute atomic E-state index is 14.1. The van der Waals surface area contributed by atoms with E-state index in [0.29, 0.717) is 30.8 Å². The predicted molar refractivity (Wildman–Crippen MR) is 179 cm³/mol. The Kier molecular flexibility index (Phi) is 11.1. The van der Waals surface area contributed by atoms with E-state index >= 15 is 0 Å². The van der Waals surface area contributed by atoms with Gasteiger partial charge in [0.2, 0.25) is 0 Å². The molecule has 1 heterocycles. The molecule has 2 aliphatic rings. The molecule has 2 aliphatic carbocycles. The first-order valence-electron chi connectivity index (χ1n) is 16.6. The number of hydrogen-bond acceptors (Lipinski definition) is 7. The van der Waals surface area contributed by atoms with E-state index in [1.54, 1.807) is 18.3 Å². The minimum Gasteiger partial charge on any atom is -0.504 e. The van der Waals surface area contributed by atoms with Crippen molar-refractivity contribution in [2.75, 3.05) is 19.5 Å². The maximum atomic E-state index is 14.1. The van der Waals surface area contributed by atoms with E-state index in [2.05, 4.69) is 23.7 Å². The lowest BCUT2D eigenvalue weighted by Gasteiger charge is -2.28. The van der Waals surface area contributed by atoms with Gasteiger partial charge in [-0.1, -0.05) is 55.5 Å². The number of pyridine rings is 1. The summed E-state index contributed by atoms with van der Waals surface area (Å²) < 4.78 is 5.42. The topological polar surface area (TPSA) is 123 Å². The number of carbonyl (C=O) groups is 2. The highest BCUT2D eigenvalue weighted by Gasteiger charge is 2.39. The fourth-order valence-electron chi connectivity index (χ4n) is 7.64. The fourth-order valence-corrected chi connectivity index (χ4v) is 7.64. The van der Waals surface area contributed by atoms with Gasteiger partial charge in [-0.05, 0) is 103 Å². The second kappa shape index (κ2) is 15.4. The predicted octanol–water partition coefficient (Wildman–Crippen LogP) is 6.29. The van der Waals surface area contributed by atoms with Crippen LogP contribution >= 0.6 is 0 Å². The number of nitrogens with two attached hydrogens (primary N) is 1. The summed E-state index contributed by atoms with van der Waals surface area (Å²) in [6.07, 6.45) is 7.00. The van der Waals surface area contributed by atoms with Crippen molar-refractivity contribution < 1.29 is 24.5 Å². The number of hydrogen-bond donors (Lipinski definition) is 3. The van der Waals surface area contributed by atoms with E-state index in [9.17, 15) is 19.8 Å². The van der Waals surface area contributed by atoms with Crippen LogP contribution in [0.4, 0.5) is 5.82 Å². The number of carbonyl (C=O) groups excluding carboxylic acids is 2. The molecule has 0 amide bonds. The van der Waals surface area contributed by atoms with E-state index in [0.717, 1.165) is 47.9 Å². The molecule has 0 saturated heterocycles. The number of rotatable bonds is 8. The molecule has 1 saturated carbocycles. The summed E-state index contributed by atoms with van der Waals surface area (Å²) >= 11 is 0. The van der Waals surface area contributed by atoms with E-state index in [1.807, 2.05) is 42.5 Å². The van der Waals surface area contributed by atoms with Gasteiger partial charge < -0.3 is 20.7 Å². The molecule has 242 valence electrons. The Bertz CT molecular complexity index is 1580. The van der Waals surface area contributed by atoms with Gasteiger partial charge in [0.25, 0.3) is 0 Å². The number of aromatic hydroxyl groups is 1. The number of benzene rings is 2. The molecular formula is C39H46N2O5. The van der Waals surface area contributed by atoms with Gasteiger partial charge in [0.15, 0.2) is 11.5 Å². The van der Waals surface area contributed by atoms with Gasteiger partial charge in [-0.2, -0.15) is 0 Å². The van der Waals surface area contributed by atoms with Crippen molar-refractivity contribution in [1.82, 2.24) is 4.98 Å². The molecule has 0 unspecified atom stereocenters. The maximum Gasteiger partial charge on any atom is 0.160 e. The number of Topliss-reactive ketones (excluding diaryl/α,β-unsaturated/α-hetero) is 2. The van der Waals surface area contributed by atoms with Gasteiger partial charge in [0, 0.05) is 31.1 Å². The molecule has 7 nitrogen and oxygen atoms in total. The van der Waals surface area contributed by atoms with Crippen molar-refractivity contribution in [3.8, 4) is 23.3 Å². The Morgan fingerprint density at radius 2 is 1.85 bits per heavy atom. The Hall–Kier alpha value is -4.15. The normalized spacial score (nSPS) is 24.2. The third kappa shape index (κ3) is 7.97. The molecular weight excluding hydrogens is 576 g/mol. The first-order valence-corrected chi connectivity index (χ1v) is 16.6. The lowest BCUT2D eigenvalue weighted by molar-refractivity contribution is -0.130. The van der Waals surface area contributed by atoms with Crippen LogP contribution in [0, 0.1) is 41.4 Å². The number of aromatic nitrogens is 1. The molecule has 4 N–H and O–H groups in total. The van der Waals surface area contributed by atoms with Crippen LogP contribution in [-0.2, 0) is 22.4 Å². The lowest BCUT2D eigenvalue weighted by Crippen LogP contribution is -2.29. The molecule has 7 heteroatoms. The van der Waals surface area contributed by atoms with Crippen molar-refractivity contribution in [1.29, 1.82) is 0 Å². The second-order valence-corrected chi connectivity index (χ2v) is 13.1. The van der Waals surface area contributed by atoms with Gasteiger partial charge in [0.05, 0.1) is 19.4 Å². The zero-order chi connectivity index (χ0) is 32.6. The fraction of sp³-hybridized carbons (Fsp3) is 0.462. The number of phenols is 1. The zero-order valence-electron chi connectivity index (χ0n) is 27.0. The van der Waals surface area contributed by atoms with Gasteiger partial charge in [-0.15, -0.1) is 0 Å². The SMILES string of the molecule is CCC[C@H](CO)[C@H]1C[C@H](Cc2ccnc(N)c2)C[C@@H]2C#C[C@H](c3ccccc3)c3cc(O)c(OC)cc3CCC(=O)CC(=O)[C@H]2C1. The summed E-state index contributed by atoms with van der Waals surface area (Å²) in [5, 5.41) is 21.3. The minimum atomic E-state index is -0.403. The summed E-state index contributed by atoms with van der Waals surface area (Å²) in [5.74, 6) is 7.27. The molecule has 0 radical (unpaired) electrons. The quantitative estimate of drug-likeness (QED) is 0.199. The molecule has 0 bridgehead atoms. The molecule has 46 heavy (non-hydrogen) atoms. The molecule has 0 spiro atoms. The van der Waals surface area contributed by atoms with Crippen LogP contribution < -0.4 is 10.5 Å². The van der Waals surface area contributed by atoms with Crippen LogP contribution in [0.2, 0.25) is 0 Å². The zero-order valence-corrected chi connectivity index (χ0v) is 27.0. The number of aliphatic hydroxyl groups excluding tert-OH is 1. The average Bonchev–Trinajstić information content (AvgIpc) is 3.22. The van der Waals surface area contributed by atoms with E-state index in [1.165, 1.54) is 7.11 Å². The molecule has 0 aliphatic heterocycles. The van der Waals surface area contributed by atoms with Crippen LogP contribution in [0.25, 0.3) is 0 Å². The van der Waals surface area contributed by atoms with Crippen LogP contribution in [0.5, 0.6) is 11.5 Å². The van der Waals surface area contributed by atoms with Crippen LogP contribution in [0.3, 0.4) is 0 Å². The third-order valence-corrected chi connectivity index (χ3v) is 9.95. The number of methoxy groups -OCH3 is 1. The number of ketones is 2. The molecule has 2 aromatic carbocycles. The number of phenolic OH excluding ortho intramolecular Hbond substituents is 1. The second-order valence-electron chi connectivity index (χ2n) is 13.1. The monoisotopic (exact) mass is 622 g/mol. The van der Waals surface area contributed by atoms with E-state index < -0.39 is 5.92 Å². The molecule has 5 rings (SSSR count). The number of ether oxygens (including phenoxy) is 1. The van der Waals surface area contributed by atoms with Crippen LogP contribution in [0.15, 0.2) is 60.8 Å². The summed E-state index contributed by atoms with van der Waals surface area (Å²) in [6.45, 7) is 2.20. The highest BCUT2D eigenvalue weighted by atomic mass is 16.5. The van der Waals surface area contributed by atoms with E-state index in [-0.39, 0.29) is 66.4 Å². The van der Waals surface area contributed by atoms with Crippen molar-refractivity contribution in [3.05, 3.63) is 83.0 Å². The van der Waals surface area contributed by atoms with Crippen LogP contribution in [-0.4, -0.2) is 40.5 Å². The number of nitrogens with zero attached hydrogens (tertiary/aromatic N) is 1. The van der Waals surface area contributed by atoms with Gasteiger partial charge >= 0.3 is 0 Å². The standard InChI is InChI=1S/C39H46N2O5/c1-3-7-30(24-42)31-18-26(16-25-14-15-41-39(40)19-25)17-28-11-13-33(27-8-5-4-6-9-27)34-23-37(45)38(46-2)21-29(34)10-12-32(43)22-36(44)35(28)20-31/h4-6,8-9,14-15,19,21,23,26,28,30-31,33,35,42,45H,3,7,10,12,16-18,20,22,24H2,1-2H3,(H2,40,41)/t26-,28+,30-,31+,33-,35+/m1/s1. The smallest absolute Gasteiger partial charge is 0.160 e. The number of aliphatic hydroxyl groups is 1. The van der Waals surface area contributed by atoms with Crippen molar-refractivity contribution >= 4 is 17.4 Å². The Morgan fingerprint density at radius 1 is 1.04 bits per heavy atom. The van der Waals surface area contributed by atoms with Crippen molar-refractivity contribution in [3.63, 3.8) is 0 Å². The molecule has 6 atom stereocenters. The lowest BCUT2D eigenvalue weighted by atomic mass is 9.76. The highest BCUT2D eigenvalue weighted by molar-refractivity contribution is 6.00. The first-order chi connectivity index (χ1) is 22.3. The highest BCUT2D eigenvalue weighted by Crippen LogP contribution is 2.43. The third-order valence-electron chi connectivity index (χ3n) is 9.95. The van der Waals surface area contributed by atoms with Crippen molar-refractivity contribution in [2.45, 2.75) is 70.6 Å². The molecule has 1 fully saturated rings. The van der Waals surface area contributed by atoms with Crippen molar-refractivity contribution in [2.24, 2.45) is 29.6 Å². The summed E-state index contributed by atoms with van der Waals surface area (Å²) in [7, 11) is 1.51. The number of fused-ring (bicyclic) bond motifs is 2. The summed E-state index contributed by atoms with van der Waals surface area (Å²) in [4.78, 5) is 31.6. The minimum absolute atomic E-state index is 0.0235. The Labute approximate surface area is 272 Å². The summed E-state index contributed by atoms with van der Waals surface area (Å²) in [6, 6.07) is 17.4. The Balaban J connectivity index is 1.63. The van der Waals surface area contributed by atoms with Gasteiger partial charge in [0.1, 0.15) is 17.4 Å². The first kappa shape index (κ1) is 33.2. The van der Waals surface area contributed by atoms with Crippen LogP contribution in [0.1, 0.15) is 80.0 Å². The number of anilines is 1.